The van der Waals surface area contributed by atoms with Crippen molar-refractivity contribution in [3.05, 3.63) is 106 Å². The number of nitrogen functional groups attached to an aromatic ring is 1. The minimum absolute atomic E-state index is 0.0309. The Kier molecular flexibility index (Phi) is 10.8. The molecule has 2 saturated heterocycles. The molecule has 2 aliphatic heterocycles. The molecule has 2 fully saturated rings. The summed E-state index contributed by atoms with van der Waals surface area (Å²) < 4.78 is 39.7. The van der Waals surface area contributed by atoms with Crippen LogP contribution < -0.4 is 10.9 Å². The SMILES string of the molecule is CCc1c(S(N)(=O)=O)c(C(C)(OCc2ccccc2)N2CCCC2)c2ccc(C3CCN(C(=O)OCc4ccccc4)CC3)c(C(C)=O)c2c1N. The minimum atomic E-state index is -4.31. The Labute approximate surface area is 300 Å². The molecule has 6 rings (SSSR count). The molecule has 1 amide bonds. The molecule has 11 heteroatoms. The lowest BCUT2D eigenvalue weighted by molar-refractivity contribution is -0.153. The zero-order valence-electron chi connectivity index (χ0n) is 29.7. The van der Waals surface area contributed by atoms with Crippen molar-refractivity contribution in [3.8, 4) is 0 Å². The van der Waals surface area contributed by atoms with E-state index in [1.165, 1.54) is 6.92 Å². The zero-order valence-corrected chi connectivity index (χ0v) is 30.5. The second kappa shape index (κ2) is 15.1. The van der Waals surface area contributed by atoms with E-state index >= 15 is 0 Å². The molecule has 2 aliphatic rings. The molecule has 4 aromatic carbocycles. The number of likely N-dealkylation sites (tertiary alicyclic amines) is 2. The van der Waals surface area contributed by atoms with Gasteiger partial charge < -0.3 is 20.1 Å². The minimum Gasteiger partial charge on any atom is -0.445 e. The van der Waals surface area contributed by atoms with E-state index < -0.39 is 15.7 Å². The standard InChI is InChI=1S/C40H48N4O6S/c1-4-31-37(41)35-33(36(38(31)51(42,47)48)40(3,44-21-11-12-22-44)50-26-29-15-9-6-10-16-29)18-17-32(34(35)27(2)45)30-19-23-43(24-20-30)39(46)49-25-28-13-7-5-8-14-28/h5-10,13-18,30H,4,11-12,19-26,41H2,1-3H3,(H2,42,47,48). The number of fused-ring (bicyclic) bond motifs is 1. The summed E-state index contributed by atoms with van der Waals surface area (Å²) in [6, 6.07) is 23.1. The first-order valence-corrected chi connectivity index (χ1v) is 19.3. The predicted molar refractivity (Wildman–Crippen MR) is 199 cm³/mol. The maximum atomic E-state index is 13.8. The Morgan fingerprint density at radius 1 is 0.882 bits per heavy atom. The Hall–Kier alpha value is -4.29. The molecule has 0 aliphatic carbocycles. The molecule has 1 unspecified atom stereocenters. The summed E-state index contributed by atoms with van der Waals surface area (Å²) >= 11 is 0. The van der Waals surface area contributed by atoms with Crippen LogP contribution in [0.15, 0.2) is 77.7 Å². The van der Waals surface area contributed by atoms with E-state index in [2.05, 4.69) is 4.90 Å². The third-order valence-corrected chi connectivity index (χ3v) is 11.5. The van der Waals surface area contributed by atoms with Gasteiger partial charge in [0, 0.05) is 48.4 Å². The summed E-state index contributed by atoms with van der Waals surface area (Å²) in [5.74, 6) is -0.201. The van der Waals surface area contributed by atoms with Gasteiger partial charge in [-0.05, 0) is 79.5 Å². The number of sulfonamides is 1. The van der Waals surface area contributed by atoms with Crippen molar-refractivity contribution in [2.24, 2.45) is 5.14 Å². The van der Waals surface area contributed by atoms with E-state index in [9.17, 15) is 18.0 Å². The molecular weight excluding hydrogens is 665 g/mol. The fourth-order valence-corrected chi connectivity index (χ4v) is 9.13. The molecule has 1 atom stereocenters. The van der Waals surface area contributed by atoms with Crippen LogP contribution in [0.5, 0.6) is 0 Å². The number of nitrogens with zero attached hydrogens (tertiary/aromatic N) is 2. The quantitative estimate of drug-likeness (QED) is 0.127. The van der Waals surface area contributed by atoms with Gasteiger partial charge in [-0.15, -0.1) is 0 Å². The van der Waals surface area contributed by atoms with Gasteiger partial charge in [0.1, 0.15) is 12.3 Å². The number of carbonyl (C=O) groups is 2. The van der Waals surface area contributed by atoms with Crippen LogP contribution in [0.3, 0.4) is 0 Å². The van der Waals surface area contributed by atoms with Crippen molar-refractivity contribution < 1.29 is 27.5 Å². The van der Waals surface area contributed by atoms with Crippen molar-refractivity contribution in [1.82, 2.24) is 9.80 Å². The molecular formula is C40H48N4O6S. The van der Waals surface area contributed by atoms with Crippen LogP contribution in [-0.2, 0) is 44.9 Å². The lowest BCUT2D eigenvalue weighted by atomic mass is 9.80. The summed E-state index contributed by atoms with van der Waals surface area (Å²) in [7, 11) is -4.31. The van der Waals surface area contributed by atoms with Gasteiger partial charge in [-0.3, -0.25) is 9.69 Å². The van der Waals surface area contributed by atoms with Crippen molar-refractivity contribution >= 4 is 38.4 Å². The number of primary sulfonamides is 1. The lowest BCUT2D eigenvalue weighted by Gasteiger charge is -2.41. The fraction of sp³-hybridized carbons (Fsp3) is 0.400. The number of rotatable bonds is 11. The molecule has 4 N–H and O–H groups in total. The number of Topliss-reactive ketones (excluding diaryl/α,β-unsaturated/α-hetero) is 1. The van der Waals surface area contributed by atoms with E-state index in [1.54, 1.807) is 4.90 Å². The summed E-state index contributed by atoms with van der Waals surface area (Å²) in [6.45, 7) is 8.06. The molecule has 51 heavy (non-hydrogen) atoms. The highest BCUT2D eigenvalue weighted by molar-refractivity contribution is 7.89. The van der Waals surface area contributed by atoms with Gasteiger partial charge in [-0.1, -0.05) is 79.7 Å². The maximum Gasteiger partial charge on any atom is 0.410 e. The number of carbonyl (C=O) groups excluding carboxylic acids is 2. The highest BCUT2D eigenvalue weighted by Crippen LogP contribution is 2.48. The first-order chi connectivity index (χ1) is 24.4. The number of piperidine rings is 1. The molecule has 0 bridgehead atoms. The van der Waals surface area contributed by atoms with Gasteiger partial charge in [0.05, 0.1) is 11.5 Å². The summed E-state index contributed by atoms with van der Waals surface area (Å²) in [6.07, 6.45) is 3.03. The third-order valence-electron chi connectivity index (χ3n) is 10.5. The monoisotopic (exact) mass is 712 g/mol. The number of benzene rings is 4. The molecule has 270 valence electrons. The topological polar surface area (TPSA) is 145 Å². The Morgan fingerprint density at radius 3 is 2.02 bits per heavy atom. The molecule has 0 saturated carbocycles. The number of hydrogen-bond acceptors (Lipinski definition) is 8. The molecule has 0 spiro atoms. The van der Waals surface area contributed by atoms with Crippen LogP contribution in [0.2, 0.25) is 0 Å². The Morgan fingerprint density at radius 2 is 1.47 bits per heavy atom. The van der Waals surface area contributed by atoms with Crippen molar-refractivity contribution in [3.63, 3.8) is 0 Å². The van der Waals surface area contributed by atoms with Crippen molar-refractivity contribution in [2.45, 2.75) is 82.6 Å². The number of amides is 1. The van der Waals surface area contributed by atoms with Gasteiger partial charge in [0.25, 0.3) is 0 Å². The van der Waals surface area contributed by atoms with Gasteiger partial charge in [0.2, 0.25) is 10.0 Å². The molecule has 4 aromatic rings. The summed E-state index contributed by atoms with van der Waals surface area (Å²) in [4.78, 5) is 30.5. The summed E-state index contributed by atoms with van der Waals surface area (Å²) in [5, 5.41) is 7.13. The smallest absolute Gasteiger partial charge is 0.410 e. The second-order valence-corrected chi connectivity index (χ2v) is 15.3. The van der Waals surface area contributed by atoms with Gasteiger partial charge in [-0.2, -0.15) is 0 Å². The average Bonchev–Trinajstić information content (AvgIpc) is 3.69. The number of anilines is 1. The van der Waals surface area contributed by atoms with Crippen LogP contribution >= 0.6 is 0 Å². The fourth-order valence-electron chi connectivity index (χ4n) is 7.95. The van der Waals surface area contributed by atoms with E-state index in [-0.39, 0.29) is 48.0 Å². The highest BCUT2D eigenvalue weighted by Gasteiger charge is 2.44. The number of ether oxygens (including phenoxy) is 2. The molecule has 2 heterocycles. The lowest BCUT2D eigenvalue weighted by Crippen LogP contribution is -2.46. The Bertz CT molecular complexity index is 2010. The van der Waals surface area contributed by atoms with Crippen LogP contribution in [0, 0.1) is 0 Å². The van der Waals surface area contributed by atoms with E-state index in [0.29, 0.717) is 66.5 Å². The van der Waals surface area contributed by atoms with Crippen molar-refractivity contribution in [1.29, 1.82) is 0 Å². The van der Waals surface area contributed by atoms with Crippen molar-refractivity contribution in [2.75, 3.05) is 31.9 Å². The third kappa shape index (κ3) is 7.39. The normalized spacial score (nSPS) is 17.1. The van der Waals surface area contributed by atoms with E-state index in [1.807, 2.05) is 86.6 Å². The molecule has 10 nitrogen and oxygen atoms in total. The largest absolute Gasteiger partial charge is 0.445 e. The number of ketones is 1. The van der Waals surface area contributed by atoms with E-state index in [4.69, 9.17) is 20.3 Å². The van der Waals surface area contributed by atoms with Crippen LogP contribution in [-0.4, -0.2) is 56.3 Å². The van der Waals surface area contributed by atoms with Gasteiger partial charge in [0.15, 0.2) is 5.78 Å². The Balaban J connectivity index is 1.44. The second-order valence-electron chi connectivity index (χ2n) is 13.8. The summed E-state index contributed by atoms with van der Waals surface area (Å²) in [5.41, 5.74) is 9.92. The first-order valence-electron chi connectivity index (χ1n) is 17.8. The van der Waals surface area contributed by atoms with Crippen LogP contribution in [0.1, 0.15) is 90.5 Å². The number of hydrogen-bond donors (Lipinski definition) is 2. The first kappa shape index (κ1) is 36.5. The van der Waals surface area contributed by atoms with Gasteiger partial charge in [-0.25, -0.2) is 18.4 Å². The zero-order chi connectivity index (χ0) is 36.3. The maximum absolute atomic E-state index is 13.8. The van der Waals surface area contributed by atoms with Gasteiger partial charge >= 0.3 is 6.09 Å². The highest BCUT2D eigenvalue weighted by atomic mass is 32.2. The average molecular weight is 713 g/mol. The van der Waals surface area contributed by atoms with Crippen LogP contribution in [0.25, 0.3) is 10.8 Å². The van der Waals surface area contributed by atoms with E-state index in [0.717, 1.165) is 29.5 Å². The van der Waals surface area contributed by atoms with Crippen LogP contribution in [0.4, 0.5) is 10.5 Å². The predicted octanol–water partition coefficient (Wildman–Crippen LogP) is 6.84. The number of nitrogens with two attached hydrogens (primary N) is 2. The molecule has 0 radical (unpaired) electrons. The molecule has 0 aromatic heterocycles.